The normalized spacial score (nSPS) is 14.7. The van der Waals surface area contributed by atoms with Gasteiger partial charge in [-0.1, -0.05) is 30.3 Å². The lowest BCUT2D eigenvalue weighted by molar-refractivity contribution is 0.204. The molecule has 1 aliphatic carbocycles. The Morgan fingerprint density at radius 2 is 2.05 bits per heavy atom. The maximum absolute atomic E-state index is 10.2. The fraction of sp³-hybridized carbons (Fsp3) is 0.294. The Morgan fingerprint density at radius 3 is 2.71 bits per heavy atom. The first kappa shape index (κ1) is 14.2. The van der Waals surface area contributed by atoms with E-state index in [2.05, 4.69) is 5.32 Å². The predicted octanol–water partition coefficient (Wildman–Crippen LogP) is 3.87. The second kappa shape index (κ2) is 6.33. The van der Waals surface area contributed by atoms with Crippen molar-refractivity contribution in [1.82, 2.24) is 0 Å². The van der Waals surface area contributed by atoms with Crippen molar-refractivity contribution in [2.24, 2.45) is 0 Å². The van der Waals surface area contributed by atoms with Gasteiger partial charge in [-0.05, 0) is 35.4 Å². The van der Waals surface area contributed by atoms with Crippen LogP contribution < -0.4 is 5.32 Å². The van der Waals surface area contributed by atoms with E-state index in [4.69, 9.17) is 4.74 Å². The first-order valence-corrected chi connectivity index (χ1v) is 7.98. The standard InChI is InChI=1S/C17H19NO2S/c1-20-16(13-7-8-13)14-9-10-21-17(14)18-15(19)11-12-5-3-2-4-6-12/h2-6,9-10,15,18-19H,7-8,11H2,1H3. The zero-order valence-corrected chi connectivity index (χ0v) is 12.8. The molecule has 1 fully saturated rings. The van der Waals surface area contributed by atoms with E-state index < -0.39 is 6.23 Å². The number of allylic oxidation sites excluding steroid dienone is 1. The largest absolute Gasteiger partial charge is 0.496 e. The molecule has 21 heavy (non-hydrogen) atoms. The van der Waals surface area contributed by atoms with Crippen molar-refractivity contribution < 1.29 is 9.84 Å². The van der Waals surface area contributed by atoms with Gasteiger partial charge in [0.2, 0.25) is 0 Å². The summed E-state index contributed by atoms with van der Waals surface area (Å²) < 4.78 is 5.52. The highest BCUT2D eigenvalue weighted by atomic mass is 32.1. The van der Waals surface area contributed by atoms with Crippen LogP contribution in [0.2, 0.25) is 0 Å². The van der Waals surface area contributed by atoms with Crippen molar-refractivity contribution >= 4 is 22.1 Å². The Labute approximate surface area is 128 Å². The van der Waals surface area contributed by atoms with Crippen LogP contribution in [-0.2, 0) is 11.2 Å². The molecule has 3 nitrogen and oxygen atoms in total. The van der Waals surface area contributed by atoms with Crippen molar-refractivity contribution in [3.8, 4) is 0 Å². The van der Waals surface area contributed by atoms with Gasteiger partial charge in [-0.2, -0.15) is 0 Å². The average Bonchev–Trinajstić information content (AvgIpc) is 3.22. The molecular weight excluding hydrogens is 282 g/mol. The van der Waals surface area contributed by atoms with E-state index in [-0.39, 0.29) is 0 Å². The summed E-state index contributed by atoms with van der Waals surface area (Å²) in [5, 5.41) is 16.4. The molecule has 110 valence electrons. The lowest BCUT2D eigenvalue weighted by Gasteiger charge is -2.15. The number of benzene rings is 1. The van der Waals surface area contributed by atoms with Gasteiger partial charge in [0.05, 0.1) is 12.7 Å². The van der Waals surface area contributed by atoms with Gasteiger partial charge in [-0.25, -0.2) is 0 Å². The van der Waals surface area contributed by atoms with Gasteiger partial charge in [0.15, 0.2) is 0 Å². The number of rotatable bonds is 6. The molecule has 1 heterocycles. The van der Waals surface area contributed by atoms with E-state index in [9.17, 15) is 5.11 Å². The number of anilines is 1. The van der Waals surface area contributed by atoms with E-state index in [1.165, 1.54) is 5.57 Å². The van der Waals surface area contributed by atoms with Gasteiger partial charge < -0.3 is 15.2 Å². The summed E-state index contributed by atoms with van der Waals surface area (Å²) in [6.07, 6.45) is 2.21. The molecule has 2 N–H and O–H groups in total. The van der Waals surface area contributed by atoms with Crippen LogP contribution in [0.4, 0.5) is 5.00 Å². The number of hydrogen-bond donors (Lipinski definition) is 2. The quantitative estimate of drug-likeness (QED) is 0.628. The summed E-state index contributed by atoms with van der Waals surface area (Å²) in [4.78, 5) is 0. The van der Waals surface area contributed by atoms with E-state index in [0.29, 0.717) is 6.42 Å². The molecule has 1 aliphatic rings. The highest BCUT2D eigenvalue weighted by molar-refractivity contribution is 7.14. The molecule has 1 saturated carbocycles. The molecule has 1 unspecified atom stereocenters. The molecule has 3 rings (SSSR count). The van der Waals surface area contributed by atoms with Crippen molar-refractivity contribution in [2.45, 2.75) is 25.5 Å². The van der Waals surface area contributed by atoms with Crippen LogP contribution in [0.25, 0.3) is 5.76 Å². The number of aliphatic hydroxyl groups is 1. The molecule has 0 amide bonds. The van der Waals surface area contributed by atoms with E-state index in [1.807, 2.05) is 41.8 Å². The molecular formula is C17H19NO2S. The zero-order chi connectivity index (χ0) is 14.7. The van der Waals surface area contributed by atoms with Crippen LogP contribution in [0.3, 0.4) is 0 Å². The summed E-state index contributed by atoms with van der Waals surface area (Å²) in [5.74, 6) is 0.964. The van der Waals surface area contributed by atoms with Gasteiger partial charge in [0, 0.05) is 6.42 Å². The minimum Gasteiger partial charge on any atom is -0.496 e. The Hall–Kier alpha value is -1.78. The Morgan fingerprint density at radius 1 is 1.29 bits per heavy atom. The maximum atomic E-state index is 10.2. The Balaban J connectivity index is 1.71. The molecule has 0 aliphatic heterocycles. The fourth-order valence-corrected chi connectivity index (χ4v) is 3.21. The molecule has 1 aromatic carbocycles. The van der Waals surface area contributed by atoms with E-state index in [1.54, 1.807) is 18.4 Å². The third kappa shape index (κ3) is 3.46. The first-order chi connectivity index (χ1) is 10.3. The smallest absolute Gasteiger partial charge is 0.129 e. The lowest BCUT2D eigenvalue weighted by Crippen LogP contribution is -2.21. The number of nitrogens with one attached hydrogen (secondary N) is 1. The van der Waals surface area contributed by atoms with E-state index >= 15 is 0 Å². The van der Waals surface area contributed by atoms with Gasteiger partial charge in [-0.3, -0.25) is 0 Å². The highest BCUT2D eigenvalue weighted by Gasteiger charge is 2.23. The third-order valence-electron chi connectivity index (χ3n) is 3.50. The number of methoxy groups -OCH3 is 1. The second-order valence-corrected chi connectivity index (χ2v) is 6.07. The van der Waals surface area contributed by atoms with Crippen LogP contribution in [0.5, 0.6) is 0 Å². The summed E-state index contributed by atoms with van der Waals surface area (Å²) >= 11 is 1.59. The Bertz CT molecular complexity index is 627. The molecule has 2 aromatic rings. The lowest BCUT2D eigenvalue weighted by atomic mass is 10.1. The van der Waals surface area contributed by atoms with Gasteiger partial charge >= 0.3 is 0 Å². The molecule has 0 spiro atoms. The van der Waals surface area contributed by atoms with Crippen LogP contribution >= 0.6 is 11.3 Å². The highest BCUT2D eigenvalue weighted by Crippen LogP contribution is 2.40. The van der Waals surface area contributed by atoms with Crippen LogP contribution in [0.15, 0.2) is 47.4 Å². The number of hydrogen-bond acceptors (Lipinski definition) is 4. The van der Waals surface area contributed by atoms with Crippen LogP contribution in [-0.4, -0.2) is 18.4 Å². The minimum atomic E-state index is -0.605. The summed E-state index contributed by atoms with van der Waals surface area (Å²) in [6.45, 7) is 0. The minimum absolute atomic E-state index is 0.580. The number of thiophene rings is 1. The topological polar surface area (TPSA) is 41.5 Å². The van der Waals surface area contributed by atoms with Crippen molar-refractivity contribution in [3.05, 3.63) is 58.5 Å². The van der Waals surface area contributed by atoms with Gasteiger partial charge in [0.25, 0.3) is 0 Å². The third-order valence-corrected chi connectivity index (χ3v) is 4.35. The summed E-state index contributed by atoms with van der Waals surface area (Å²) in [5.41, 5.74) is 3.53. The van der Waals surface area contributed by atoms with Gasteiger partial charge in [0.1, 0.15) is 17.0 Å². The second-order valence-electron chi connectivity index (χ2n) is 5.15. The van der Waals surface area contributed by atoms with E-state index in [0.717, 1.165) is 34.7 Å². The number of aliphatic hydroxyl groups excluding tert-OH is 1. The fourth-order valence-electron chi connectivity index (χ4n) is 2.37. The first-order valence-electron chi connectivity index (χ1n) is 7.10. The zero-order valence-electron chi connectivity index (χ0n) is 12.0. The summed E-state index contributed by atoms with van der Waals surface area (Å²) in [7, 11) is 1.71. The maximum Gasteiger partial charge on any atom is 0.129 e. The predicted molar refractivity (Wildman–Crippen MR) is 87.3 cm³/mol. The van der Waals surface area contributed by atoms with Crippen LogP contribution in [0.1, 0.15) is 24.0 Å². The molecule has 0 saturated heterocycles. The van der Waals surface area contributed by atoms with Gasteiger partial charge in [-0.15, -0.1) is 11.3 Å². The monoisotopic (exact) mass is 301 g/mol. The molecule has 0 radical (unpaired) electrons. The van der Waals surface area contributed by atoms with Crippen molar-refractivity contribution in [2.75, 3.05) is 12.4 Å². The Kier molecular flexibility index (Phi) is 4.27. The molecule has 0 bridgehead atoms. The molecule has 1 aromatic heterocycles. The van der Waals surface area contributed by atoms with Crippen molar-refractivity contribution in [1.29, 1.82) is 0 Å². The van der Waals surface area contributed by atoms with Crippen LogP contribution in [0, 0.1) is 0 Å². The SMILES string of the molecule is COC(=C1CC1)c1ccsc1NC(O)Cc1ccccc1. The van der Waals surface area contributed by atoms with Crippen molar-refractivity contribution in [3.63, 3.8) is 0 Å². The molecule has 1 atom stereocenters. The number of ether oxygens (including phenoxy) is 1. The molecule has 4 heteroatoms. The summed E-state index contributed by atoms with van der Waals surface area (Å²) in [6, 6.07) is 12.0. The average molecular weight is 301 g/mol.